The Kier molecular flexibility index (Phi) is 2.98. The fourth-order valence-electron chi connectivity index (χ4n) is 3.53. The molecule has 4 rings (SSSR count). The van der Waals surface area contributed by atoms with Gasteiger partial charge in [-0.2, -0.15) is 0 Å². The summed E-state index contributed by atoms with van der Waals surface area (Å²) in [5.74, 6) is -0.712. The van der Waals surface area contributed by atoms with Crippen LogP contribution in [0, 0.1) is 5.82 Å². The summed E-state index contributed by atoms with van der Waals surface area (Å²) >= 11 is 0. The Labute approximate surface area is 132 Å². The SMILES string of the molecule is O=C1NC2(CCc3ccccc32)C(=O)N1Cc1ccccc1F. The molecule has 1 aliphatic heterocycles. The van der Waals surface area contributed by atoms with E-state index in [0.29, 0.717) is 12.0 Å². The number of benzene rings is 2. The monoisotopic (exact) mass is 310 g/mol. The van der Waals surface area contributed by atoms with Crippen LogP contribution in [0.1, 0.15) is 23.1 Å². The molecule has 4 nitrogen and oxygen atoms in total. The van der Waals surface area contributed by atoms with Gasteiger partial charge in [0.2, 0.25) is 0 Å². The van der Waals surface area contributed by atoms with Crippen molar-refractivity contribution in [3.05, 3.63) is 71.0 Å². The van der Waals surface area contributed by atoms with Crippen LogP contribution < -0.4 is 5.32 Å². The minimum atomic E-state index is -0.987. The van der Waals surface area contributed by atoms with Crippen molar-refractivity contribution in [2.75, 3.05) is 0 Å². The lowest BCUT2D eigenvalue weighted by molar-refractivity contribution is -0.132. The number of nitrogens with one attached hydrogen (secondary N) is 1. The molecule has 0 aromatic heterocycles. The van der Waals surface area contributed by atoms with Gasteiger partial charge >= 0.3 is 6.03 Å². The van der Waals surface area contributed by atoms with Crippen molar-refractivity contribution in [3.8, 4) is 0 Å². The third kappa shape index (κ3) is 1.96. The molecule has 2 aromatic carbocycles. The second kappa shape index (κ2) is 4.91. The second-order valence-electron chi connectivity index (χ2n) is 5.98. The number of amides is 3. The molecule has 0 bridgehead atoms. The van der Waals surface area contributed by atoms with Crippen LogP contribution in [0.25, 0.3) is 0 Å². The lowest BCUT2D eigenvalue weighted by Gasteiger charge is -2.22. The number of halogens is 1. The largest absolute Gasteiger partial charge is 0.325 e. The van der Waals surface area contributed by atoms with Crippen LogP contribution in [-0.4, -0.2) is 16.8 Å². The zero-order chi connectivity index (χ0) is 16.0. The first-order valence-corrected chi connectivity index (χ1v) is 7.58. The number of hydrogen-bond acceptors (Lipinski definition) is 2. The Bertz CT molecular complexity index is 820. The summed E-state index contributed by atoms with van der Waals surface area (Å²) in [7, 11) is 0. The molecule has 0 radical (unpaired) electrons. The number of rotatable bonds is 2. The molecule has 1 unspecified atom stereocenters. The minimum absolute atomic E-state index is 0.0543. The van der Waals surface area contributed by atoms with E-state index in [2.05, 4.69) is 5.32 Å². The Morgan fingerprint density at radius 1 is 1.09 bits per heavy atom. The van der Waals surface area contributed by atoms with Crippen LogP contribution in [0.15, 0.2) is 48.5 Å². The van der Waals surface area contributed by atoms with Crippen molar-refractivity contribution in [1.82, 2.24) is 10.2 Å². The fourth-order valence-corrected chi connectivity index (χ4v) is 3.53. The standard InChI is InChI=1S/C18H15FN2O2/c19-15-8-4-2-6-13(15)11-21-16(22)18(20-17(21)23)10-9-12-5-1-3-7-14(12)18/h1-8H,9-11H2,(H,20,23). The van der Waals surface area contributed by atoms with E-state index in [0.717, 1.165) is 22.4 Å². The third-order valence-electron chi connectivity index (χ3n) is 4.71. The van der Waals surface area contributed by atoms with Crippen molar-refractivity contribution >= 4 is 11.9 Å². The number of urea groups is 1. The van der Waals surface area contributed by atoms with E-state index < -0.39 is 17.4 Å². The molecule has 5 heteroatoms. The smallest absolute Gasteiger partial charge is 0.319 e. The van der Waals surface area contributed by atoms with Crippen LogP contribution in [0.2, 0.25) is 0 Å². The Morgan fingerprint density at radius 3 is 2.65 bits per heavy atom. The van der Waals surface area contributed by atoms with Crippen LogP contribution in [-0.2, 0) is 23.3 Å². The van der Waals surface area contributed by atoms with E-state index in [1.807, 2.05) is 24.3 Å². The summed E-state index contributed by atoms with van der Waals surface area (Å²) in [6.07, 6.45) is 1.29. The van der Waals surface area contributed by atoms with Crippen molar-refractivity contribution in [2.24, 2.45) is 0 Å². The van der Waals surface area contributed by atoms with E-state index >= 15 is 0 Å². The normalized spacial score (nSPS) is 22.6. The molecule has 2 aliphatic rings. The fraction of sp³-hybridized carbons (Fsp3) is 0.222. The molecule has 2 aromatic rings. The van der Waals surface area contributed by atoms with E-state index in [-0.39, 0.29) is 12.5 Å². The van der Waals surface area contributed by atoms with Gasteiger partial charge in [-0.15, -0.1) is 0 Å². The zero-order valence-electron chi connectivity index (χ0n) is 12.4. The molecule has 116 valence electrons. The average molecular weight is 310 g/mol. The molecule has 0 saturated carbocycles. The lowest BCUT2D eigenvalue weighted by atomic mass is 9.92. The molecule has 23 heavy (non-hydrogen) atoms. The van der Waals surface area contributed by atoms with Gasteiger partial charge in [-0.25, -0.2) is 9.18 Å². The summed E-state index contributed by atoms with van der Waals surface area (Å²) in [6.45, 7) is -0.0543. The van der Waals surface area contributed by atoms with E-state index in [1.54, 1.807) is 18.2 Å². The number of imide groups is 1. The van der Waals surface area contributed by atoms with Crippen LogP contribution in [0.4, 0.5) is 9.18 Å². The predicted octanol–water partition coefficient (Wildman–Crippen LogP) is 2.72. The van der Waals surface area contributed by atoms with Gasteiger partial charge < -0.3 is 5.32 Å². The van der Waals surface area contributed by atoms with E-state index in [1.165, 1.54) is 6.07 Å². The van der Waals surface area contributed by atoms with E-state index in [4.69, 9.17) is 0 Å². The van der Waals surface area contributed by atoms with Gasteiger partial charge in [-0.05, 0) is 30.0 Å². The minimum Gasteiger partial charge on any atom is -0.319 e. The van der Waals surface area contributed by atoms with Gasteiger partial charge in [0.1, 0.15) is 11.4 Å². The molecule has 3 amide bonds. The highest BCUT2D eigenvalue weighted by atomic mass is 19.1. The lowest BCUT2D eigenvalue weighted by Crippen LogP contribution is -2.41. The third-order valence-corrected chi connectivity index (χ3v) is 4.71. The van der Waals surface area contributed by atoms with Crippen LogP contribution in [0.3, 0.4) is 0 Å². The first-order chi connectivity index (χ1) is 11.1. The quantitative estimate of drug-likeness (QED) is 0.867. The van der Waals surface area contributed by atoms with Crippen molar-refractivity contribution in [3.63, 3.8) is 0 Å². The maximum Gasteiger partial charge on any atom is 0.325 e. The summed E-state index contributed by atoms with van der Waals surface area (Å²) < 4.78 is 13.8. The summed E-state index contributed by atoms with van der Waals surface area (Å²) in [5, 5.41) is 2.84. The first kappa shape index (κ1) is 13.9. The second-order valence-corrected chi connectivity index (χ2v) is 5.98. The number of carbonyl (C=O) groups is 2. The molecule has 1 spiro atoms. The molecule has 1 aliphatic carbocycles. The topological polar surface area (TPSA) is 49.4 Å². The molecule has 1 heterocycles. The van der Waals surface area contributed by atoms with Crippen LogP contribution >= 0.6 is 0 Å². The number of nitrogens with zero attached hydrogens (tertiary/aromatic N) is 1. The highest BCUT2D eigenvalue weighted by molar-refractivity contribution is 6.08. The molecular formula is C18H15FN2O2. The highest BCUT2D eigenvalue weighted by Crippen LogP contribution is 2.41. The molecule has 1 fully saturated rings. The van der Waals surface area contributed by atoms with Gasteiger partial charge in [0, 0.05) is 5.56 Å². The van der Waals surface area contributed by atoms with Gasteiger partial charge in [-0.1, -0.05) is 42.5 Å². The summed E-state index contributed by atoms with van der Waals surface area (Å²) in [5.41, 5.74) is 1.28. The zero-order valence-corrected chi connectivity index (χ0v) is 12.4. The molecule has 1 atom stereocenters. The molecule has 1 N–H and O–H groups in total. The van der Waals surface area contributed by atoms with Gasteiger partial charge in [-0.3, -0.25) is 9.69 Å². The highest BCUT2D eigenvalue weighted by Gasteiger charge is 2.55. The number of aryl methyl sites for hydroxylation is 1. The molecular weight excluding hydrogens is 295 g/mol. The summed E-state index contributed by atoms with van der Waals surface area (Å²) in [4.78, 5) is 26.4. The molecule has 1 saturated heterocycles. The van der Waals surface area contributed by atoms with Crippen molar-refractivity contribution in [2.45, 2.75) is 24.9 Å². The van der Waals surface area contributed by atoms with Gasteiger partial charge in [0.25, 0.3) is 5.91 Å². The van der Waals surface area contributed by atoms with Crippen molar-refractivity contribution in [1.29, 1.82) is 0 Å². The Morgan fingerprint density at radius 2 is 1.83 bits per heavy atom. The number of hydrogen-bond donors (Lipinski definition) is 1. The van der Waals surface area contributed by atoms with Gasteiger partial charge in [0.15, 0.2) is 0 Å². The predicted molar refractivity (Wildman–Crippen MR) is 81.9 cm³/mol. The maximum absolute atomic E-state index is 13.8. The van der Waals surface area contributed by atoms with Crippen LogP contribution in [0.5, 0.6) is 0 Å². The van der Waals surface area contributed by atoms with Crippen molar-refractivity contribution < 1.29 is 14.0 Å². The Hall–Kier alpha value is -2.69. The number of carbonyl (C=O) groups excluding carboxylic acids is 2. The maximum atomic E-state index is 13.8. The number of fused-ring (bicyclic) bond motifs is 2. The summed E-state index contributed by atoms with van der Waals surface area (Å²) in [6, 6.07) is 13.4. The average Bonchev–Trinajstić information content (AvgIpc) is 3.04. The van der Waals surface area contributed by atoms with Gasteiger partial charge in [0.05, 0.1) is 6.54 Å². The Balaban J connectivity index is 1.69. The van der Waals surface area contributed by atoms with E-state index in [9.17, 15) is 14.0 Å². The first-order valence-electron chi connectivity index (χ1n) is 7.58.